The molecule has 0 bridgehead atoms. The second kappa shape index (κ2) is 7.53. The molecule has 5 heteroatoms. The third-order valence-electron chi connectivity index (χ3n) is 5.48. The van der Waals surface area contributed by atoms with Crippen LogP contribution in [0.1, 0.15) is 31.2 Å². The molecule has 0 radical (unpaired) electrons. The third-order valence-corrected chi connectivity index (χ3v) is 5.48. The van der Waals surface area contributed by atoms with Gasteiger partial charge in [0.2, 0.25) is 5.91 Å². The number of aliphatic hydroxyl groups is 1. The molecule has 5 nitrogen and oxygen atoms in total. The summed E-state index contributed by atoms with van der Waals surface area (Å²) in [6.07, 6.45) is 4.21. The molecule has 2 fully saturated rings. The fourth-order valence-corrected chi connectivity index (χ4v) is 3.86. The lowest BCUT2D eigenvalue weighted by Gasteiger charge is -2.37. The Kier molecular flexibility index (Phi) is 5.41. The lowest BCUT2D eigenvalue weighted by molar-refractivity contribution is -0.131. The quantitative estimate of drug-likeness (QED) is 0.859. The highest BCUT2D eigenvalue weighted by Crippen LogP contribution is 2.28. The molecule has 2 aliphatic rings. The molecule has 3 rings (SSSR count). The maximum Gasteiger partial charge on any atom is 0.236 e. The van der Waals surface area contributed by atoms with Gasteiger partial charge in [-0.25, -0.2) is 0 Å². The minimum atomic E-state index is -0.223. The molecule has 2 N–H and O–H groups in total. The summed E-state index contributed by atoms with van der Waals surface area (Å²) in [5, 5.41) is 13.0. The van der Waals surface area contributed by atoms with Crippen molar-refractivity contribution < 1.29 is 9.90 Å². The van der Waals surface area contributed by atoms with E-state index >= 15 is 0 Å². The predicted octanol–water partition coefficient (Wildman–Crippen LogP) is 1.54. The van der Waals surface area contributed by atoms with Crippen LogP contribution in [-0.2, 0) is 4.79 Å². The van der Waals surface area contributed by atoms with E-state index in [9.17, 15) is 9.90 Å². The summed E-state index contributed by atoms with van der Waals surface area (Å²) in [5.41, 5.74) is 2.28. The molecule has 1 saturated heterocycles. The van der Waals surface area contributed by atoms with Crippen molar-refractivity contribution in [3.8, 4) is 0 Å². The van der Waals surface area contributed by atoms with E-state index in [1.165, 1.54) is 11.3 Å². The molecule has 1 heterocycles. The average molecular weight is 331 g/mol. The number of hydrogen-bond donors (Lipinski definition) is 2. The highest BCUT2D eigenvalue weighted by molar-refractivity contribution is 5.78. The molecule has 0 spiro atoms. The number of carbonyl (C=O) groups excluding carboxylic acids is 1. The SMILES string of the molecule is Cc1cccc(N2CCN(C(=O)CNC3(CO)CCCC3)CC2)c1. The Morgan fingerprint density at radius 3 is 2.54 bits per heavy atom. The number of aryl methyl sites for hydroxylation is 1. The van der Waals surface area contributed by atoms with Crippen LogP contribution < -0.4 is 10.2 Å². The number of anilines is 1. The maximum atomic E-state index is 12.5. The van der Waals surface area contributed by atoms with Crippen LogP contribution in [0.3, 0.4) is 0 Å². The standard InChI is InChI=1S/C19H29N3O2/c1-16-5-4-6-17(13-16)21-9-11-22(12-10-21)18(24)14-20-19(15-23)7-2-3-8-19/h4-6,13,20,23H,2-3,7-12,14-15H2,1H3. The molecular formula is C19H29N3O2. The van der Waals surface area contributed by atoms with Gasteiger partial charge < -0.3 is 20.2 Å². The molecular weight excluding hydrogens is 302 g/mol. The lowest BCUT2D eigenvalue weighted by atomic mass is 9.99. The lowest BCUT2D eigenvalue weighted by Crippen LogP contribution is -2.54. The van der Waals surface area contributed by atoms with E-state index in [0.717, 1.165) is 51.9 Å². The molecule has 0 unspecified atom stereocenters. The summed E-state index contributed by atoms with van der Waals surface area (Å²) in [5.74, 6) is 0.151. The van der Waals surface area contributed by atoms with Gasteiger partial charge in [0.1, 0.15) is 0 Å². The van der Waals surface area contributed by atoms with Crippen LogP contribution >= 0.6 is 0 Å². The molecule has 24 heavy (non-hydrogen) atoms. The van der Waals surface area contributed by atoms with E-state index in [0.29, 0.717) is 6.54 Å². The third kappa shape index (κ3) is 3.90. The number of aliphatic hydroxyl groups excluding tert-OH is 1. The first-order valence-corrected chi connectivity index (χ1v) is 9.07. The second-order valence-electron chi connectivity index (χ2n) is 7.21. The van der Waals surface area contributed by atoms with E-state index in [1.807, 2.05) is 4.90 Å². The van der Waals surface area contributed by atoms with Crippen LogP contribution in [0.4, 0.5) is 5.69 Å². The smallest absolute Gasteiger partial charge is 0.236 e. The van der Waals surface area contributed by atoms with Crippen molar-refractivity contribution in [3.05, 3.63) is 29.8 Å². The van der Waals surface area contributed by atoms with E-state index in [4.69, 9.17) is 0 Å². The van der Waals surface area contributed by atoms with Crippen molar-refractivity contribution in [2.75, 3.05) is 44.2 Å². The van der Waals surface area contributed by atoms with Crippen LogP contribution in [0.2, 0.25) is 0 Å². The van der Waals surface area contributed by atoms with Crippen molar-refractivity contribution in [2.45, 2.75) is 38.1 Å². The van der Waals surface area contributed by atoms with Crippen LogP contribution in [0, 0.1) is 6.92 Å². The molecule has 1 aromatic carbocycles. The zero-order valence-corrected chi connectivity index (χ0v) is 14.6. The monoisotopic (exact) mass is 331 g/mol. The van der Waals surface area contributed by atoms with Crippen LogP contribution in [0.25, 0.3) is 0 Å². The van der Waals surface area contributed by atoms with Crippen molar-refractivity contribution >= 4 is 11.6 Å². The Hall–Kier alpha value is -1.59. The molecule has 1 aliphatic heterocycles. The first kappa shape index (κ1) is 17.2. The Bertz CT molecular complexity index is 561. The first-order chi connectivity index (χ1) is 11.6. The summed E-state index contributed by atoms with van der Waals surface area (Å²) in [4.78, 5) is 16.8. The van der Waals surface area contributed by atoms with Gasteiger partial charge in [0.15, 0.2) is 0 Å². The predicted molar refractivity (Wildman–Crippen MR) is 96.3 cm³/mol. The molecule has 0 atom stereocenters. The van der Waals surface area contributed by atoms with Crippen LogP contribution in [0.5, 0.6) is 0 Å². The van der Waals surface area contributed by atoms with Crippen LogP contribution in [-0.4, -0.2) is 60.8 Å². The Morgan fingerprint density at radius 2 is 1.92 bits per heavy atom. The van der Waals surface area contributed by atoms with Crippen molar-refractivity contribution in [1.29, 1.82) is 0 Å². The fraction of sp³-hybridized carbons (Fsp3) is 0.632. The highest BCUT2D eigenvalue weighted by atomic mass is 16.3. The number of rotatable bonds is 5. The molecule has 1 saturated carbocycles. The summed E-state index contributed by atoms with van der Waals surface area (Å²) in [6, 6.07) is 8.53. The van der Waals surface area contributed by atoms with Gasteiger partial charge in [-0.2, -0.15) is 0 Å². The van der Waals surface area contributed by atoms with E-state index in [2.05, 4.69) is 41.4 Å². The van der Waals surface area contributed by atoms with E-state index in [-0.39, 0.29) is 18.1 Å². The summed E-state index contributed by atoms with van der Waals surface area (Å²) in [6.45, 7) is 5.85. The number of carbonyl (C=O) groups is 1. The fourth-order valence-electron chi connectivity index (χ4n) is 3.86. The molecule has 1 aromatic rings. The Morgan fingerprint density at radius 1 is 1.21 bits per heavy atom. The van der Waals surface area contributed by atoms with Gasteiger partial charge in [0.05, 0.1) is 13.2 Å². The Balaban J connectivity index is 1.48. The minimum absolute atomic E-state index is 0.126. The van der Waals surface area contributed by atoms with Gasteiger partial charge >= 0.3 is 0 Å². The normalized spacial score (nSPS) is 20.4. The molecule has 132 valence electrons. The van der Waals surface area contributed by atoms with E-state index < -0.39 is 0 Å². The van der Waals surface area contributed by atoms with Gasteiger partial charge in [-0.05, 0) is 37.5 Å². The number of hydrogen-bond acceptors (Lipinski definition) is 4. The summed E-state index contributed by atoms with van der Waals surface area (Å²) < 4.78 is 0. The summed E-state index contributed by atoms with van der Waals surface area (Å²) in [7, 11) is 0. The van der Waals surface area contributed by atoms with E-state index in [1.54, 1.807) is 0 Å². The highest BCUT2D eigenvalue weighted by Gasteiger charge is 2.33. The molecule has 1 amide bonds. The van der Waals surface area contributed by atoms with Crippen molar-refractivity contribution in [1.82, 2.24) is 10.2 Å². The zero-order valence-electron chi connectivity index (χ0n) is 14.6. The first-order valence-electron chi connectivity index (χ1n) is 9.07. The molecule has 0 aromatic heterocycles. The zero-order chi connectivity index (χ0) is 17.0. The summed E-state index contributed by atoms with van der Waals surface area (Å²) >= 11 is 0. The van der Waals surface area contributed by atoms with Crippen molar-refractivity contribution in [3.63, 3.8) is 0 Å². The Labute approximate surface area is 144 Å². The number of benzene rings is 1. The van der Waals surface area contributed by atoms with Gasteiger partial charge in [-0.3, -0.25) is 4.79 Å². The van der Waals surface area contributed by atoms with Gasteiger partial charge in [-0.15, -0.1) is 0 Å². The van der Waals surface area contributed by atoms with Crippen molar-refractivity contribution in [2.24, 2.45) is 0 Å². The van der Waals surface area contributed by atoms with Crippen LogP contribution in [0.15, 0.2) is 24.3 Å². The minimum Gasteiger partial charge on any atom is -0.394 e. The maximum absolute atomic E-state index is 12.5. The number of nitrogens with zero attached hydrogens (tertiary/aromatic N) is 2. The molecule has 1 aliphatic carbocycles. The largest absolute Gasteiger partial charge is 0.394 e. The number of piperazine rings is 1. The second-order valence-corrected chi connectivity index (χ2v) is 7.21. The van der Waals surface area contributed by atoms with Gasteiger partial charge in [0, 0.05) is 37.4 Å². The van der Waals surface area contributed by atoms with Gasteiger partial charge in [-0.1, -0.05) is 25.0 Å². The number of amides is 1. The number of nitrogens with one attached hydrogen (secondary N) is 1. The van der Waals surface area contributed by atoms with Gasteiger partial charge in [0.25, 0.3) is 0 Å². The topological polar surface area (TPSA) is 55.8 Å². The average Bonchev–Trinajstić information content (AvgIpc) is 3.09.